The molecule has 1 aromatic carbocycles. The smallest absolute Gasteiger partial charge is 0.348 e. The Balaban J connectivity index is 1.38. The van der Waals surface area contributed by atoms with Crippen molar-refractivity contribution in [1.29, 1.82) is 0 Å². The highest BCUT2D eigenvalue weighted by atomic mass is 35.5. The van der Waals surface area contributed by atoms with Gasteiger partial charge in [0.05, 0.1) is 29.3 Å². The molecule has 4 aromatic heterocycles. The fourth-order valence-corrected chi connectivity index (χ4v) is 5.29. The maximum atomic E-state index is 14.5. The summed E-state index contributed by atoms with van der Waals surface area (Å²) < 4.78 is 17.5. The Labute approximate surface area is 209 Å². The lowest BCUT2D eigenvalue weighted by molar-refractivity contribution is 0.0698. The summed E-state index contributed by atoms with van der Waals surface area (Å²) in [5.74, 6) is -1.12. The summed E-state index contributed by atoms with van der Waals surface area (Å²) in [6, 6.07) is 6.13. The van der Waals surface area contributed by atoms with Gasteiger partial charge < -0.3 is 10.1 Å². The Kier molecular flexibility index (Phi) is 5.23. The van der Waals surface area contributed by atoms with Crippen molar-refractivity contribution in [3.05, 3.63) is 79.9 Å². The number of hydrogen-bond acceptors (Lipinski definition) is 8. The summed E-state index contributed by atoms with van der Waals surface area (Å²) >= 11 is 7.03. The summed E-state index contributed by atoms with van der Waals surface area (Å²) in [4.78, 5) is 36.2. The van der Waals surface area contributed by atoms with E-state index in [9.17, 15) is 14.0 Å². The van der Waals surface area contributed by atoms with E-state index in [0.717, 1.165) is 11.3 Å². The van der Waals surface area contributed by atoms with Crippen LogP contribution in [0.4, 0.5) is 4.39 Å². The highest BCUT2D eigenvalue weighted by Crippen LogP contribution is 2.34. The number of aryl methyl sites for hydroxylation is 1. The van der Waals surface area contributed by atoms with E-state index in [1.54, 1.807) is 22.8 Å². The second kappa shape index (κ2) is 8.46. The number of aromatic carboxylic acids is 1. The van der Waals surface area contributed by atoms with Crippen LogP contribution in [0.5, 0.6) is 0 Å². The monoisotopic (exact) mass is 524 g/mol. The zero-order valence-electron chi connectivity index (χ0n) is 18.1. The molecule has 0 amide bonds. The number of aromatic nitrogens is 8. The topological polar surface area (TPSA) is 144 Å². The van der Waals surface area contributed by atoms with Crippen LogP contribution in [0, 0.1) is 5.82 Å². The van der Waals surface area contributed by atoms with E-state index in [4.69, 9.17) is 21.7 Å². The molecule has 180 valence electrons. The van der Waals surface area contributed by atoms with Gasteiger partial charge in [0.15, 0.2) is 5.82 Å². The van der Waals surface area contributed by atoms with Crippen molar-refractivity contribution in [2.75, 3.05) is 0 Å². The van der Waals surface area contributed by atoms with Crippen LogP contribution >= 0.6 is 22.9 Å². The SMILES string of the molecule is O=C(O)c1scc(-c2cnc([C@@H]3CCc4nc(-c5cc(Cl)ccc5-n5cnnn5)cc(=O)n43)[nH]2)c1F. The largest absolute Gasteiger partial charge is 0.477 e. The number of thiophene rings is 1. The van der Waals surface area contributed by atoms with E-state index >= 15 is 0 Å². The van der Waals surface area contributed by atoms with Crippen LogP contribution in [-0.4, -0.2) is 50.8 Å². The molecule has 0 radical (unpaired) electrons. The first kappa shape index (κ1) is 22.2. The van der Waals surface area contributed by atoms with Gasteiger partial charge in [0.1, 0.15) is 22.9 Å². The molecule has 5 heterocycles. The number of hydrogen-bond donors (Lipinski definition) is 2. The predicted octanol–water partition coefficient (Wildman–Crippen LogP) is 3.36. The number of nitrogens with zero attached hydrogens (tertiary/aromatic N) is 7. The summed E-state index contributed by atoms with van der Waals surface area (Å²) in [6.45, 7) is 0. The number of carboxylic acid groups (broad SMARTS) is 1. The molecule has 36 heavy (non-hydrogen) atoms. The number of fused-ring (bicyclic) bond motifs is 1. The number of carbonyl (C=O) groups is 1. The molecule has 0 unspecified atom stereocenters. The van der Waals surface area contributed by atoms with Crippen molar-refractivity contribution in [2.45, 2.75) is 18.9 Å². The predicted molar refractivity (Wildman–Crippen MR) is 127 cm³/mol. The number of H-pyrrole nitrogens is 1. The van der Waals surface area contributed by atoms with E-state index in [1.807, 2.05) is 0 Å². The van der Waals surface area contributed by atoms with E-state index in [-0.39, 0.29) is 16.0 Å². The summed E-state index contributed by atoms with van der Waals surface area (Å²) in [6.07, 6.45) is 3.94. The molecule has 0 saturated carbocycles. The van der Waals surface area contributed by atoms with Crippen LogP contribution in [0.2, 0.25) is 5.02 Å². The van der Waals surface area contributed by atoms with Gasteiger partial charge >= 0.3 is 5.97 Å². The molecule has 0 aliphatic carbocycles. The fourth-order valence-electron chi connectivity index (χ4n) is 4.34. The van der Waals surface area contributed by atoms with E-state index in [0.29, 0.717) is 52.2 Å². The first-order valence-electron chi connectivity index (χ1n) is 10.6. The van der Waals surface area contributed by atoms with Crippen LogP contribution in [-0.2, 0) is 6.42 Å². The average molecular weight is 525 g/mol. The van der Waals surface area contributed by atoms with Crippen LogP contribution in [0.3, 0.4) is 0 Å². The van der Waals surface area contributed by atoms with Gasteiger partial charge in [0, 0.05) is 34.0 Å². The lowest BCUT2D eigenvalue weighted by Crippen LogP contribution is -2.25. The number of halogens is 2. The Morgan fingerprint density at radius 2 is 2.14 bits per heavy atom. The Morgan fingerprint density at radius 1 is 1.28 bits per heavy atom. The van der Waals surface area contributed by atoms with Gasteiger partial charge in [0.2, 0.25) is 0 Å². The third-order valence-corrected chi connectivity index (χ3v) is 7.11. The molecule has 14 heteroatoms. The van der Waals surface area contributed by atoms with Gasteiger partial charge in [-0.2, -0.15) is 4.68 Å². The highest BCUT2D eigenvalue weighted by Gasteiger charge is 2.30. The molecular formula is C22H14ClFN8O3S. The third-order valence-electron chi connectivity index (χ3n) is 5.93. The minimum Gasteiger partial charge on any atom is -0.477 e. The first-order chi connectivity index (χ1) is 17.4. The fraction of sp³-hybridized carbons (Fsp3) is 0.136. The zero-order valence-corrected chi connectivity index (χ0v) is 19.7. The maximum absolute atomic E-state index is 14.5. The molecule has 0 spiro atoms. The highest BCUT2D eigenvalue weighted by molar-refractivity contribution is 7.12. The molecule has 1 atom stereocenters. The Bertz CT molecular complexity index is 1690. The minimum atomic E-state index is -1.33. The van der Waals surface area contributed by atoms with E-state index < -0.39 is 17.8 Å². The van der Waals surface area contributed by atoms with Crippen molar-refractivity contribution in [3.8, 4) is 28.2 Å². The lowest BCUT2D eigenvalue weighted by atomic mass is 10.1. The number of rotatable bonds is 5. The van der Waals surface area contributed by atoms with Crippen LogP contribution in [0.1, 0.15) is 33.8 Å². The Hall–Kier alpha value is -4.23. The molecule has 6 rings (SSSR count). The number of carboxylic acids is 1. The van der Waals surface area contributed by atoms with E-state index in [2.05, 4.69) is 25.5 Å². The summed E-state index contributed by atoms with van der Waals surface area (Å²) in [7, 11) is 0. The van der Waals surface area contributed by atoms with Crippen molar-refractivity contribution < 1.29 is 14.3 Å². The quantitative estimate of drug-likeness (QED) is 0.356. The van der Waals surface area contributed by atoms with E-state index in [1.165, 1.54) is 28.7 Å². The van der Waals surface area contributed by atoms with Gasteiger partial charge in [-0.15, -0.1) is 16.4 Å². The first-order valence-corrected chi connectivity index (χ1v) is 11.9. The molecular weight excluding hydrogens is 511 g/mol. The zero-order chi connectivity index (χ0) is 25.0. The summed E-state index contributed by atoms with van der Waals surface area (Å²) in [5.41, 5.74) is 1.81. The summed E-state index contributed by atoms with van der Waals surface area (Å²) in [5, 5.41) is 22.3. The average Bonchev–Trinajstić information content (AvgIpc) is 3.64. The lowest BCUT2D eigenvalue weighted by Gasteiger charge is -2.14. The molecule has 5 aromatic rings. The van der Waals surface area contributed by atoms with Crippen molar-refractivity contribution >= 4 is 28.9 Å². The van der Waals surface area contributed by atoms with Gasteiger partial charge in [0.25, 0.3) is 5.56 Å². The van der Waals surface area contributed by atoms with Crippen molar-refractivity contribution in [1.82, 2.24) is 39.7 Å². The van der Waals surface area contributed by atoms with Crippen LogP contribution in [0.25, 0.3) is 28.2 Å². The molecule has 0 fully saturated rings. The molecule has 1 aliphatic heterocycles. The number of aromatic amines is 1. The van der Waals surface area contributed by atoms with Gasteiger partial charge in [-0.25, -0.2) is 19.2 Å². The number of tetrazole rings is 1. The maximum Gasteiger partial charge on any atom is 0.348 e. The van der Waals surface area contributed by atoms with Crippen molar-refractivity contribution in [3.63, 3.8) is 0 Å². The molecule has 0 bridgehead atoms. The standard InChI is InChI=1S/C22H14ClFN8O3S/c23-10-1-2-15(31-9-26-29-30-31)11(5-10)13-6-18(33)32-16(3-4-17(32)27-13)21-25-7-14(28-21)12-8-36-20(19(12)24)22(34)35/h1-2,5-9,16H,3-4H2,(H,25,28)(H,34,35)/t16-/m0/s1. The second-order valence-electron chi connectivity index (χ2n) is 8.02. The van der Waals surface area contributed by atoms with Gasteiger partial charge in [-0.05, 0) is 35.0 Å². The second-order valence-corrected chi connectivity index (χ2v) is 9.33. The van der Waals surface area contributed by atoms with Crippen molar-refractivity contribution in [2.24, 2.45) is 0 Å². The van der Waals surface area contributed by atoms with Crippen LogP contribution in [0.15, 0.2) is 47.0 Å². The molecule has 2 N–H and O–H groups in total. The van der Waals surface area contributed by atoms with Gasteiger partial charge in [-0.1, -0.05) is 11.6 Å². The van der Waals surface area contributed by atoms with Gasteiger partial charge in [-0.3, -0.25) is 9.36 Å². The number of benzene rings is 1. The normalized spacial score (nSPS) is 14.8. The minimum absolute atomic E-state index is 0.117. The van der Waals surface area contributed by atoms with Crippen LogP contribution < -0.4 is 5.56 Å². The Morgan fingerprint density at radius 3 is 2.89 bits per heavy atom. The molecule has 0 saturated heterocycles. The molecule has 1 aliphatic rings. The number of imidazole rings is 1. The molecule has 11 nitrogen and oxygen atoms in total. The third kappa shape index (κ3) is 3.60. The number of nitrogens with one attached hydrogen (secondary N) is 1.